The minimum Gasteiger partial charge on any atom is -0.389 e. The Morgan fingerprint density at radius 1 is 1.32 bits per heavy atom. The van der Waals surface area contributed by atoms with Gasteiger partial charge in [0.2, 0.25) is 5.91 Å². The second-order valence-electron chi connectivity index (χ2n) is 6.37. The number of hydrogen-bond donors (Lipinski definition) is 2. The topological polar surface area (TPSA) is 73.2 Å². The van der Waals surface area contributed by atoms with Gasteiger partial charge in [-0.05, 0) is 38.8 Å². The van der Waals surface area contributed by atoms with Crippen LogP contribution in [0.1, 0.15) is 19.8 Å². The summed E-state index contributed by atoms with van der Waals surface area (Å²) in [6.07, 6.45) is 3.78. The first-order chi connectivity index (χ1) is 10.5. The highest BCUT2D eigenvalue weighted by atomic mass is 16.5. The largest absolute Gasteiger partial charge is 0.389 e. The zero-order chi connectivity index (χ0) is 16.1. The maximum atomic E-state index is 11.8. The summed E-state index contributed by atoms with van der Waals surface area (Å²) in [6.45, 7) is 4.93. The highest BCUT2D eigenvalue weighted by Gasteiger charge is 2.35. The van der Waals surface area contributed by atoms with Gasteiger partial charge in [0.15, 0.2) is 0 Å². The standard InChI is InChI=1S/C16H28N2O4/c1-3-4-15(20)18-7-5-12(6-8-18)9-17(2)13-10-22-11-14(19)16(13)21/h3-4,12-14,16,19,21H,5-11H2,1-2H3/t13-,14-,16+/m1/s1. The molecule has 3 atom stereocenters. The molecule has 0 aromatic heterocycles. The van der Waals surface area contributed by atoms with E-state index in [0.717, 1.165) is 32.5 Å². The molecule has 0 aliphatic carbocycles. The van der Waals surface area contributed by atoms with Gasteiger partial charge in [-0.3, -0.25) is 9.69 Å². The number of likely N-dealkylation sites (tertiary alicyclic amines) is 1. The highest BCUT2D eigenvalue weighted by Crippen LogP contribution is 2.21. The molecule has 2 rings (SSSR count). The van der Waals surface area contributed by atoms with E-state index in [1.165, 1.54) is 0 Å². The third-order valence-corrected chi connectivity index (χ3v) is 4.71. The fraction of sp³-hybridized carbons (Fsp3) is 0.812. The second kappa shape index (κ2) is 8.06. The van der Waals surface area contributed by atoms with Gasteiger partial charge in [0, 0.05) is 19.6 Å². The summed E-state index contributed by atoms with van der Waals surface area (Å²) in [4.78, 5) is 15.8. The molecule has 0 radical (unpaired) electrons. The third kappa shape index (κ3) is 4.29. The molecule has 126 valence electrons. The van der Waals surface area contributed by atoms with Crippen LogP contribution in [0.2, 0.25) is 0 Å². The molecule has 0 aromatic carbocycles. The monoisotopic (exact) mass is 312 g/mol. The number of likely N-dealkylation sites (N-methyl/N-ethyl adjacent to an activating group) is 1. The predicted octanol–water partition coefficient (Wildman–Crippen LogP) is -0.146. The molecule has 2 aliphatic rings. The third-order valence-electron chi connectivity index (χ3n) is 4.71. The van der Waals surface area contributed by atoms with E-state index in [0.29, 0.717) is 12.5 Å². The number of ether oxygens (including phenoxy) is 1. The SMILES string of the molecule is CC=CC(=O)N1CCC(CN(C)[C@@H]2COC[C@@H](O)[C@H]2O)CC1. The highest BCUT2D eigenvalue weighted by molar-refractivity contribution is 5.87. The van der Waals surface area contributed by atoms with Crippen LogP contribution >= 0.6 is 0 Å². The van der Waals surface area contributed by atoms with Crippen molar-refractivity contribution in [3.63, 3.8) is 0 Å². The average molecular weight is 312 g/mol. The Labute approximate surface area is 132 Å². The van der Waals surface area contributed by atoms with Crippen molar-refractivity contribution in [1.82, 2.24) is 9.80 Å². The van der Waals surface area contributed by atoms with Crippen LogP contribution in [0.15, 0.2) is 12.2 Å². The Kier molecular flexibility index (Phi) is 6.37. The van der Waals surface area contributed by atoms with Crippen molar-refractivity contribution in [2.24, 2.45) is 5.92 Å². The first kappa shape index (κ1) is 17.4. The molecule has 2 aliphatic heterocycles. The Morgan fingerprint density at radius 2 is 2.00 bits per heavy atom. The maximum absolute atomic E-state index is 11.8. The van der Waals surface area contributed by atoms with Crippen molar-refractivity contribution in [1.29, 1.82) is 0 Å². The molecule has 2 saturated heterocycles. The number of carbonyl (C=O) groups is 1. The van der Waals surface area contributed by atoms with E-state index in [2.05, 4.69) is 4.90 Å². The van der Waals surface area contributed by atoms with E-state index >= 15 is 0 Å². The van der Waals surface area contributed by atoms with Crippen molar-refractivity contribution in [3.8, 4) is 0 Å². The lowest BCUT2D eigenvalue weighted by molar-refractivity contribution is -0.132. The summed E-state index contributed by atoms with van der Waals surface area (Å²) in [5.74, 6) is 0.597. The number of hydrogen-bond acceptors (Lipinski definition) is 5. The van der Waals surface area contributed by atoms with Gasteiger partial charge in [0.25, 0.3) is 0 Å². The van der Waals surface area contributed by atoms with Crippen molar-refractivity contribution in [2.45, 2.75) is 38.0 Å². The van der Waals surface area contributed by atoms with Crippen molar-refractivity contribution >= 4 is 5.91 Å². The minimum absolute atomic E-state index is 0.0912. The van der Waals surface area contributed by atoms with Crippen LogP contribution < -0.4 is 0 Å². The lowest BCUT2D eigenvalue weighted by Gasteiger charge is -2.40. The van der Waals surface area contributed by atoms with Crippen LogP contribution in [0.3, 0.4) is 0 Å². The van der Waals surface area contributed by atoms with Gasteiger partial charge in [-0.15, -0.1) is 0 Å². The molecule has 0 unspecified atom stereocenters. The predicted molar refractivity (Wildman–Crippen MR) is 83.4 cm³/mol. The molecule has 6 nitrogen and oxygen atoms in total. The van der Waals surface area contributed by atoms with Gasteiger partial charge >= 0.3 is 0 Å². The lowest BCUT2D eigenvalue weighted by atomic mass is 9.94. The van der Waals surface area contributed by atoms with Gasteiger partial charge in [0.05, 0.1) is 25.4 Å². The van der Waals surface area contributed by atoms with Crippen molar-refractivity contribution in [3.05, 3.63) is 12.2 Å². The van der Waals surface area contributed by atoms with Crippen molar-refractivity contribution < 1.29 is 19.7 Å². The Balaban J connectivity index is 1.79. The molecule has 2 N–H and O–H groups in total. The molecule has 2 fully saturated rings. The van der Waals surface area contributed by atoms with Crippen LogP contribution in [-0.2, 0) is 9.53 Å². The van der Waals surface area contributed by atoms with Crippen LogP contribution in [-0.4, -0.2) is 84.1 Å². The molecule has 0 spiro atoms. The molecular formula is C16H28N2O4. The average Bonchev–Trinajstić information content (AvgIpc) is 2.51. The molecule has 0 saturated carbocycles. The fourth-order valence-electron chi connectivity index (χ4n) is 3.28. The number of carbonyl (C=O) groups excluding carboxylic acids is 1. The number of rotatable bonds is 4. The molecule has 0 aromatic rings. The number of amides is 1. The second-order valence-corrected chi connectivity index (χ2v) is 6.37. The van der Waals surface area contributed by atoms with Crippen LogP contribution in [0.25, 0.3) is 0 Å². The van der Waals surface area contributed by atoms with E-state index in [4.69, 9.17) is 4.74 Å². The maximum Gasteiger partial charge on any atom is 0.246 e. The molecule has 1 amide bonds. The number of aliphatic hydroxyl groups is 2. The van der Waals surface area contributed by atoms with Crippen LogP contribution in [0.5, 0.6) is 0 Å². The van der Waals surface area contributed by atoms with Crippen molar-refractivity contribution in [2.75, 3.05) is 39.9 Å². The van der Waals surface area contributed by atoms with E-state index in [1.54, 1.807) is 12.2 Å². The number of nitrogens with zero attached hydrogens (tertiary/aromatic N) is 2. The Hall–Kier alpha value is -0.950. The lowest BCUT2D eigenvalue weighted by Crippen LogP contribution is -2.56. The smallest absolute Gasteiger partial charge is 0.246 e. The molecule has 0 bridgehead atoms. The van der Waals surface area contributed by atoms with Gasteiger partial charge in [-0.2, -0.15) is 0 Å². The molecule has 2 heterocycles. The zero-order valence-electron chi connectivity index (χ0n) is 13.5. The van der Waals surface area contributed by atoms with Gasteiger partial charge in [-0.1, -0.05) is 6.08 Å². The van der Waals surface area contributed by atoms with Gasteiger partial charge < -0.3 is 19.8 Å². The normalized spacial score (nSPS) is 31.1. The first-order valence-corrected chi connectivity index (χ1v) is 8.08. The summed E-state index contributed by atoms with van der Waals surface area (Å²) in [6, 6.07) is -0.161. The van der Waals surface area contributed by atoms with E-state index in [-0.39, 0.29) is 18.6 Å². The number of allylic oxidation sites excluding steroid dienone is 1. The Morgan fingerprint density at radius 3 is 2.64 bits per heavy atom. The number of aliphatic hydroxyl groups excluding tert-OH is 2. The van der Waals surface area contributed by atoms with E-state index in [1.807, 2.05) is 18.9 Å². The first-order valence-electron chi connectivity index (χ1n) is 8.08. The minimum atomic E-state index is -0.804. The van der Waals surface area contributed by atoms with E-state index < -0.39 is 12.2 Å². The summed E-state index contributed by atoms with van der Waals surface area (Å²) < 4.78 is 5.34. The zero-order valence-corrected chi connectivity index (χ0v) is 13.5. The Bertz CT molecular complexity index is 394. The quantitative estimate of drug-likeness (QED) is 0.707. The van der Waals surface area contributed by atoms with Crippen LogP contribution in [0, 0.1) is 5.92 Å². The summed E-state index contributed by atoms with van der Waals surface area (Å²) in [5, 5.41) is 19.8. The van der Waals surface area contributed by atoms with E-state index in [9.17, 15) is 15.0 Å². The molecular weight excluding hydrogens is 284 g/mol. The molecule has 22 heavy (non-hydrogen) atoms. The summed E-state index contributed by atoms with van der Waals surface area (Å²) >= 11 is 0. The van der Waals surface area contributed by atoms with Crippen LogP contribution in [0.4, 0.5) is 0 Å². The molecule has 6 heteroatoms. The summed E-state index contributed by atoms with van der Waals surface area (Å²) in [7, 11) is 1.96. The van der Waals surface area contributed by atoms with Gasteiger partial charge in [-0.25, -0.2) is 0 Å². The number of piperidine rings is 1. The fourth-order valence-corrected chi connectivity index (χ4v) is 3.28. The summed E-state index contributed by atoms with van der Waals surface area (Å²) in [5.41, 5.74) is 0. The van der Waals surface area contributed by atoms with Gasteiger partial charge in [0.1, 0.15) is 6.10 Å².